The number of fused-ring (bicyclic) bond motifs is 1. The summed E-state index contributed by atoms with van der Waals surface area (Å²) in [6.07, 6.45) is 10.6. The highest BCUT2D eigenvalue weighted by molar-refractivity contribution is 7.86. The van der Waals surface area contributed by atoms with Gasteiger partial charge in [0.1, 0.15) is 0 Å². The normalized spacial score (nSPS) is 39.5. The average molecular weight is 348 g/mol. The zero-order valence-electron chi connectivity index (χ0n) is 12.5. The largest absolute Gasteiger partial charge is 0.270 e. The highest BCUT2D eigenvalue weighted by Gasteiger charge is 2.52. The molecule has 0 saturated heterocycles. The predicted octanol–water partition coefficient (Wildman–Crippen LogP) is 0.789. The SMILES string of the molecule is CS(=O)(=O)OC[C@@H]1[C@H]2C=C[C@@H]([C@@H]3C=C[C@H]32)[C@H]1COS(C)(=O)=O. The first-order valence-electron chi connectivity index (χ1n) is 7.21. The fraction of sp³-hybridized carbons (Fsp3) is 0.714. The van der Waals surface area contributed by atoms with Crippen molar-refractivity contribution in [3.8, 4) is 0 Å². The maximum absolute atomic E-state index is 11.3. The van der Waals surface area contributed by atoms with Crippen LogP contribution in [0.3, 0.4) is 0 Å². The van der Waals surface area contributed by atoms with Crippen LogP contribution in [-0.2, 0) is 28.6 Å². The minimum Gasteiger partial charge on any atom is -0.270 e. The molecule has 1 saturated carbocycles. The van der Waals surface area contributed by atoms with E-state index in [0.717, 1.165) is 12.5 Å². The Bertz CT molecular complexity index is 646. The third-order valence-corrected chi connectivity index (χ3v) is 6.06. The van der Waals surface area contributed by atoms with Crippen LogP contribution in [0.1, 0.15) is 0 Å². The minimum atomic E-state index is -3.52. The Balaban J connectivity index is 1.80. The number of hydrogen-bond donors (Lipinski definition) is 0. The van der Waals surface area contributed by atoms with Gasteiger partial charge in [-0.05, 0) is 35.5 Å². The van der Waals surface area contributed by atoms with E-state index < -0.39 is 20.2 Å². The minimum absolute atomic E-state index is 0.0577. The van der Waals surface area contributed by atoms with Crippen molar-refractivity contribution in [1.82, 2.24) is 0 Å². The number of hydrogen-bond acceptors (Lipinski definition) is 6. The molecule has 22 heavy (non-hydrogen) atoms. The van der Waals surface area contributed by atoms with Crippen LogP contribution in [0.2, 0.25) is 0 Å². The summed E-state index contributed by atoms with van der Waals surface area (Å²) in [5.41, 5.74) is 0. The summed E-state index contributed by atoms with van der Waals surface area (Å²) in [7, 11) is -7.04. The standard InChI is InChI=1S/C14H20O6S2/c1-21(15,16)19-7-13-11-5-6-12(10-4-3-9(10)11)14(13)8-20-22(2,17)18/h3-6,9-14H,7-8H2,1-2H3/t9-,10-,11+,12+,13-,14-/m1/s1. The van der Waals surface area contributed by atoms with Gasteiger partial charge >= 0.3 is 0 Å². The first kappa shape index (κ1) is 16.2. The Morgan fingerprint density at radius 1 is 0.682 bits per heavy atom. The lowest BCUT2D eigenvalue weighted by atomic mass is 9.50. The van der Waals surface area contributed by atoms with E-state index in [-0.39, 0.29) is 36.9 Å². The summed E-state index contributed by atoms with van der Waals surface area (Å²) in [6, 6.07) is 0. The van der Waals surface area contributed by atoms with Crippen molar-refractivity contribution in [1.29, 1.82) is 0 Å². The third-order valence-electron chi connectivity index (χ3n) is 4.93. The lowest BCUT2D eigenvalue weighted by Crippen LogP contribution is -2.52. The molecule has 0 spiro atoms. The lowest BCUT2D eigenvalue weighted by Gasteiger charge is -2.55. The van der Waals surface area contributed by atoms with Crippen molar-refractivity contribution in [2.45, 2.75) is 0 Å². The van der Waals surface area contributed by atoms with Crippen molar-refractivity contribution >= 4 is 20.2 Å². The summed E-state index contributed by atoms with van der Waals surface area (Å²) in [5, 5.41) is 0. The van der Waals surface area contributed by atoms with Gasteiger partial charge in [-0.3, -0.25) is 8.37 Å². The molecule has 4 aliphatic carbocycles. The summed E-state index contributed by atoms with van der Waals surface area (Å²) in [5.74, 6) is 1.04. The van der Waals surface area contributed by atoms with Crippen LogP contribution in [-0.4, -0.2) is 42.6 Å². The Hall–Kier alpha value is -0.700. The van der Waals surface area contributed by atoms with Gasteiger partial charge in [-0.25, -0.2) is 0 Å². The van der Waals surface area contributed by atoms with E-state index in [1.807, 2.05) is 0 Å². The monoisotopic (exact) mass is 348 g/mol. The first-order valence-corrected chi connectivity index (χ1v) is 10.8. The molecule has 4 rings (SSSR count). The average Bonchev–Trinajstić information content (AvgIpc) is 2.32. The van der Waals surface area contributed by atoms with Gasteiger partial charge in [-0.15, -0.1) is 0 Å². The molecule has 0 heterocycles. The molecular formula is C14H20O6S2. The first-order chi connectivity index (χ1) is 10.2. The third kappa shape index (κ3) is 3.15. The van der Waals surface area contributed by atoms with Crippen LogP contribution in [0.4, 0.5) is 0 Å². The highest BCUT2D eigenvalue weighted by atomic mass is 32.2. The molecule has 6 nitrogen and oxygen atoms in total. The molecule has 0 amide bonds. The summed E-state index contributed by atoms with van der Waals surface area (Å²) < 4.78 is 55.1. The molecule has 4 aliphatic rings. The molecule has 6 atom stereocenters. The summed E-state index contributed by atoms with van der Waals surface area (Å²) >= 11 is 0. The van der Waals surface area contributed by atoms with E-state index in [4.69, 9.17) is 8.37 Å². The van der Waals surface area contributed by atoms with Gasteiger partial charge in [0.05, 0.1) is 25.7 Å². The molecule has 124 valence electrons. The second-order valence-corrected chi connectivity index (χ2v) is 9.67. The molecule has 1 fully saturated rings. The van der Waals surface area contributed by atoms with Crippen LogP contribution in [0, 0.1) is 35.5 Å². The van der Waals surface area contributed by atoms with Gasteiger partial charge in [-0.2, -0.15) is 16.8 Å². The quantitative estimate of drug-likeness (QED) is 0.521. The maximum atomic E-state index is 11.3. The van der Waals surface area contributed by atoms with E-state index in [9.17, 15) is 16.8 Å². The molecule has 8 heteroatoms. The van der Waals surface area contributed by atoms with E-state index >= 15 is 0 Å². The van der Waals surface area contributed by atoms with Crippen LogP contribution in [0.5, 0.6) is 0 Å². The molecule has 0 aliphatic heterocycles. The van der Waals surface area contributed by atoms with Crippen LogP contribution in [0.25, 0.3) is 0 Å². The topological polar surface area (TPSA) is 86.7 Å². The van der Waals surface area contributed by atoms with Gasteiger partial charge in [0.25, 0.3) is 20.2 Å². The van der Waals surface area contributed by atoms with Gasteiger partial charge in [0, 0.05) is 0 Å². The molecular weight excluding hydrogens is 328 g/mol. The molecule has 0 aromatic heterocycles. The Morgan fingerprint density at radius 3 is 1.27 bits per heavy atom. The van der Waals surface area contributed by atoms with Gasteiger partial charge in [-0.1, -0.05) is 24.3 Å². The molecule has 0 radical (unpaired) electrons. The number of rotatable bonds is 6. The zero-order valence-corrected chi connectivity index (χ0v) is 14.1. The molecule has 0 aromatic rings. The van der Waals surface area contributed by atoms with Crippen molar-refractivity contribution in [2.24, 2.45) is 35.5 Å². The van der Waals surface area contributed by atoms with Crippen LogP contribution in [0.15, 0.2) is 24.3 Å². The second kappa shape index (κ2) is 5.43. The van der Waals surface area contributed by atoms with Gasteiger partial charge in [0.2, 0.25) is 0 Å². The van der Waals surface area contributed by atoms with Gasteiger partial charge < -0.3 is 0 Å². The van der Waals surface area contributed by atoms with Crippen LogP contribution < -0.4 is 0 Å². The fourth-order valence-corrected chi connectivity index (χ4v) is 4.76. The van der Waals surface area contributed by atoms with E-state index in [2.05, 4.69) is 24.3 Å². The second-order valence-electron chi connectivity index (χ2n) is 6.38. The van der Waals surface area contributed by atoms with Crippen molar-refractivity contribution in [3.63, 3.8) is 0 Å². The van der Waals surface area contributed by atoms with Gasteiger partial charge in [0.15, 0.2) is 0 Å². The lowest BCUT2D eigenvalue weighted by molar-refractivity contribution is -0.0113. The predicted molar refractivity (Wildman–Crippen MR) is 80.8 cm³/mol. The number of allylic oxidation sites excluding steroid dienone is 4. The van der Waals surface area contributed by atoms with E-state index in [1.54, 1.807) is 0 Å². The van der Waals surface area contributed by atoms with Crippen molar-refractivity contribution in [2.75, 3.05) is 25.7 Å². The zero-order chi connectivity index (χ0) is 16.1. The van der Waals surface area contributed by atoms with Crippen molar-refractivity contribution < 1.29 is 25.2 Å². The smallest absolute Gasteiger partial charge is 0.264 e. The summed E-state index contributed by atoms with van der Waals surface area (Å²) in [4.78, 5) is 0. The Morgan fingerprint density at radius 2 is 1.00 bits per heavy atom. The Kier molecular flexibility index (Phi) is 3.99. The Labute approximate surface area is 131 Å². The summed E-state index contributed by atoms with van der Waals surface area (Å²) in [6.45, 7) is 0.137. The fourth-order valence-electron chi connectivity index (χ4n) is 3.95. The van der Waals surface area contributed by atoms with Crippen LogP contribution >= 0.6 is 0 Å². The molecule has 0 aromatic carbocycles. The van der Waals surface area contributed by atoms with E-state index in [1.165, 1.54) is 0 Å². The molecule has 0 unspecified atom stereocenters. The van der Waals surface area contributed by atoms with Crippen molar-refractivity contribution in [3.05, 3.63) is 24.3 Å². The molecule has 0 N–H and O–H groups in total. The molecule has 2 bridgehead atoms. The highest BCUT2D eigenvalue weighted by Crippen LogP contribution is 2.56. The maximum Gasteiger partial charge on any atom is 0.264 e. The van der Waals surface area contributed by atoms with E-state index in [0.29, 0.717) is 11.8 Å².